The first-order chi connectivity index (χ1) is 13.5. The first-order valence-electron chi connectivity index (χ1n) is 9.59. The number of rotatable bonds is 2. The van der Waals surface area contributed by atoms with Gasteiger partial charge in [0.2, 0.25) is 0 Å². The minimum absolute atomic E-state index is 0.108. The summed E-state index contributed by atoms with van der Waals surface area (Å²) in [6, 6.07) is 17.5. The van der Waals surface area contributed by atoms with Crippen molar-refractivity contribution in [2.24, 2.45) is 0 Å². The van der Waals surface area contributed by atoms with Gasteiger partial charge in [0.05, 0.1) is 0 Å². The number of fused-ring (bicyclic) bond motifs is 1. The Balaban J connectivity index is 1.72. The third-order valence-electron chi connectivity index (χ3n) is 5.47. The molecule has 0 saturated heterocycles. The summed E-state index contributed by atoms with van der Waals surface area (Å²) in [5, 5.41) is 3.76. The fourth-order valence-electron chi connectivity index (χ4n) is 3.84. The van der Waals surface area contributed by atoms with Crippen LogP contribution in [0.4, 0.5) is 10.5 Å². The Labute approximate surface area is 170 Å². The van der Waals surface area contributed by atoms with Crippen molar-refractivity contribution in [3.05, 3.63) is 88.2 Å². The SMILES string of the molecule is Cc1ccc(NC(=O)N2CCCn3cccc3[C@H]2c2ccccc2Cl)cc1C. The maximum atomic E-state index is 13.3. The number of carbonyl (C=O) groups is 1. The molecule has 0 fully saturated rings. The van der Waals surface area contributed by atoms with Crippen LogP contribution in [0.3, 0.4) is 0 Å². The first kappa shape index (κ1) is 18.6. The molecule has 0 radical (unpaired) electrons. The number of nitrogens with one attached hydrogen (secondary N) is 1. The zero-order valence-electron chi connectivity index (χ0n) is 16.2. The minimum Gasteiger partial charge on any atom is -0.349 e. The summed E-state index contributed by atoms with van der Waals surface area (Å²) in [5.41, 5.74) is 5.21. The second-order valence-electron chi connectivity index (χ2n) is 7.33. The lowest BCUT2D eigenvalue weighted by Crippen LogP contribution is -2.39. The van der Waals surface area contributed by atoms with Crippen LogP contribution in [0.2, 0.25) is 5.02 Å². The van der Waals surface area contributed by atoms with Crippen molar-refractivity contribution in [3.63, 3.8) is 0 Å². The number of hydrogen-bond acceptors (Lipinski definition) is 1. The lowest BCUT2D eigenvalue weighted by molar-refractivity contribution is 0.199. The number of amides is 2. The Kier molecular flexibility index (Phi) is 5.14. The molecule has 0 aliphatic carbocycles. The Hall–Kier alpha value is -2.72. The summed E-state index contributed by atoms with van der Waals surface area (Å²) < 4.78 is 2.22. The number of aromatic nitrogens is 1. The highest BCUT2D eigenvalue weighted by molar-refractivity contribution is 6.31. The summed E-state index contributed by atoms with van der Waals surface area (Å²) in [6.07, 6.45) is 2.97. The lowest BCUT2D eigenvalue weighted by atomic mass is 10.0. The van der Waals surface area contributed by atoms with Crippen molar-refractivity contribution in [2.75, 3.05) is 11.9 Å². The molecule has 3 aromatic rings. The number of halogens is 1. The van der Waals surface area contributed by atoms with E-state index in [1.54, 1.807) is 0 Å². The zero-order valence-corrected chi connectivity index (χ0v) is 16.9. The van der Waals surface area contributed by atoms with E-state index in [1.165, 1.54) is 5.56 Å². The number of urea groups is 1. The Morgan fingerprint density at radius 2 is 1.86 bits per heavy atom. The highest BCUT2D eigenvalue weighted by Crippen LogP contribution is 2.36. The van der Waals surface area contributed by atoms with Gasteiger partial charge in [-0.3, -0.25) is 0 Å². The molecule has 0 spiro atoms. The minimum atomic E-state index is -0.224. The number of anilines is 1. The Bertz CT molecular complexity index is 1010. The molecule has 28 heavy (non-hydrogen) atoms. The molecule has 4 rings (SSSR count). The number of carbonyl (C=O) groups excluding carboxylic acids is 1. The highest BCUT2D eigenvalue weighted by atomic mass is 35.5. The van der Waals surface area contributed by atoms with E-state index in [-0.39, 0.29) is 12.1 Å². The normalized spacial score (nSPS) is 16.4. The molecular formula is C23H24ClN3O. The Morgan fingerprint density at radius 3 is 2.64 bits per heavy atom. The summed E-state index contributed by atoms with van der Waals surface area (Å²) in [7, 11) is 0. The molecule has 5 heteroatoms. The van der Waals surface area contributed by atoms with E-state index in [2.05, 4.69) is 36.0 Å². The second kappa shape index (κ2) is 7.72. The summed E-state index contributed by atoms with van der Waals surface area (Å²) >= 11 is 6.55. The van der Waals surface area contributed by atoms with Gasteiger partial charge in [-0.05, 0) is 67.3 Å². The standard InChI is InChI=1S/C23H24ClN3O/c1-16-10-11-18(15-17(16)2)25-23(28)27-14-6-13-26-12-5-9-21(26)22(27)19-7-3-4-8-20(19)24/h3-5,7-12,15,22H,6,13-14H2,1-2H3,(H,25,28)/t22-/m1/s1. The van der Waals surface area contributed by atoms with E-state index in [4.69, 9.17) is 11.6 Å². The smallest absolute Gasteiger partial charge is 0.322 e. The van der Waals surface area contributed by atoms with Crippen LogP contribution in [0.25, 0.3) is 0 Å². The molecule has 1 atom stereocenters. The molecule has 144 valence electrons. The molecule has 2 heterocycles. The van der Waals surface area contributed by atoms with Crippen molar-refractivity contribution in [1.82, 2.24) is 9.47 Å². The van der Waals surface area contributed by atoms with Crippen molar-refractivity contribution < 1.29 is 4.79 Å². The topological polar surface area (TPSA) is 37.3 Å². The van der Waals surface area contributed by atoms with E-state index in [1.807, 2.05) is 53.4 Å². The highest BCUT2D eigenvalue weighted by Gasteiger charge is 2.32. The predicted molar refractivity (Wildman–Crippen MR) is 114 cm³/mol. The van der Waals surface area contributed by atoms with Crippen molar-refractivity contribution in [2.45, 2.75) is 32.9 Å². The zero-order chi connectivity index (χ0) is 19.7. The fraction of sp³-hybridized carbons (Fsp3) is 0.261. The van der Waals surface area contributed by atoms with Crippen LogP contribution in [-0.4, -0.2) is 22.0 Å². The molecule has 0 saturated carbocycles. The lowest BCUT2D eigenvalue weighted by Gasteiger charge is -2.31. The van der Waals surface area contributed by atoms with Gasteiger partial charge in [-0.25, -0.2) is 4.79 Å². The van der Waals surface area contributed by atoms with Gasteiger partial charge in [0.1, 0.15) is 6.04 Å². The molecule has 1 aromatic heterocycles. The van der Waals surface area contributed by atoms with Crippen molar-refractivity contribution in [1.29, 1.82) is 0 Å². The van der Waals surface area contributed by atoms with Gasteiger partial charge in [-0.1, -0.05) is 35.9 Å². The van der Waals surface area contributed by atoms with Crippen LogP contribution >= 0.6 is 11.6 Å². The third-order valence-corrected chi connectivity index (χ3v) is 5.82. The van der Waals surface area contributed by atoms with Crippen LogP contribution in [-0.2, 0) is 6.54 Å². The van der Waals surface area contributed by atoms with Gasteiger partial charge < -0.3 is 14.8 Å². The van der Waals surface area contributed by atoms with Crippen LogP contribution in [0.1, 0.15) is 34.8 Å². The quantitative estimate of drug-likeness (QED) is 0.588. The van der Waals surface area contributed by atoms with Gasteiger partial charge in [0.25, 0.3) is 0 Å². The largest absolute Gasteiger partial charge is 0.349 e. The van der Waals surface area contributed by atoms with E-state index in [0.717, 1.165) is 35.5 Å². The van der Waals surface area contributed by atoms with E-state index in [0.29, 0.717) is 11.6 Å². The first-order valence-corrected chi connectivity index (χ1v) is 9.97. The average molecular weight is 394 g/mol. The monoisotopic (exact) mass is 393 g/mol. The van der Waals surface area contributed by atoms with E-state index >= 15 is 0 Å². The van der Waals surface area contributed by atoms with Crippen molar-refractivity contribution >= 4 is 23.3 Å². The predicted octanol–water partition coefficient (Wildman–Crippen LogP) is 5.79. The maximum Gasteiger partial charge on any atom is 0.322 e. The Morgan fingerprint density at radius 1 is 1.04 bits per heavy atom. The third kappa shape index (κ3) is 3.52. The number of nitrogens with zero attached hydrogens (tertiary/aromatic N) is 2. The van der Waals surface area contributed by atoms with Crippen molar-refractivity contribution in [3.8, 4) is 0 Å². The summed E-state index contributed by atoms with van der Waals surface area (Å²) in [6.45, 7) is 5.67. The molecule has 1 aliphatic rings. The maximum absolute atomic E-state index is 13.3. The van der Waals surface area contributed by atoms with Crippen LogP contribution < -0.4 is 5.32 Å². The second-order valence-corrected chi connectivity index (χ2v) is 7.73. The molecule has 4 nitrogen and oxygen atoms in total. The molecule has 0 bridgehead atoms. The van der Waals surface area contributed by atoms with Crippen LogP contribution in [0.15, 0.2) is 60.8 Å². The van der Waals surface area contributed by atoms with Crippen LogP contribution in [0, 0.1) is 13.8 Å². The summed E-state index contributed by atoms with van der Waals surface area (Å²) in [4.78, 5) is 15.2. The molecule has 2 aromatic carbocycles. The van der Waals surface area contributed by atoms with Gasteiger partial charge in [-0.15, -0.1) is 0 Å². The average Bonchev–Trinajstić information content (AvgIpc) is 3.06. The van der Waals surface area contributed by atoms with Gasteiger partial charge >= 0.3 is 6.03 Å². The molecule has 2 amide bonds. The molecular weight excluding hydrogens is 370 g/mol. The number of aryl methyl sites for hydroxylation is 3. The van der Waals surface area contributed by atoms with Gasteiger partial charge in [-0.2, -0.15) is 0 Å². The number of benzene rings is 2. The van der Waals surface area contributed by atoms with Gasteiger partial charge in [0, 0.05) is 35.7 Å². The number of hydrogen-bond donors (Lipinski definition) is 1. The molecule has 1 aliphatic heterocycles. The molecule has 1 N–H and O–H groups in total. The summed E-state index contributed by atoms with van der Waals surface area (Å²) in [5.74, 6) is 0. The van der Waals surface area contributed by atoms with Crippen LogP contribution in [0.5, 0.6) is 0 Å². The van der Waals surface area contributed by atoms with E-state index < -0.39 is 0 Å². The molecule has 0 unspecified atom stereocenters. The fourth-order valence-corrected chi connectivity index (χ4v) is 4.08. The van der Waals surface area contributed by atoms with E-state index in [9.17, 15) is 4.79 Å². The van der Waals surface area contributed by atoms with Gasteiger partial charge in [0.15, 0.2) is 0 Å².